The highest BCUT2D eigenvalue weighted by Gasteiger charge is 2.33. The first-order chi connectivity index (χ1) is 12.8. The van der Waals surface area contributed by atoms with E-state index in [0.717, 1.165) is 60.1 Å². The van der Waals surface area contributed by atoms with Crippen molar-refractivity contribution in [1.29, 1.82) is 0 Å². The van der Waals surface area contributed by atoms with Crippen molar-refractivity contribution in [2.24, 2.45) is 0 Å². The summed E-state index contributed by atoms with van der Waals surface area (Å²) in [6.07, 6.45) is 5.10. The Bertz CT molecular complexity index is 815. The van der Waals surface area contributed by atoms with Gasteiger partial charge in [0.15, 0.2) is 0 Å². The number of nitrogens with zero attached hydrogens (tertiary/aromatic N) is 4. The lowest BCUT2D eigenvalue weighted by Gasteiger charge is -2.35. The summed E-state index contributed by atoms with van der Waals surface area (Å²) in [6.45, 7) is 4.02. The highest BCUT2D eigenvalue weighted by atomic mass is 16.5. The third-order valence-electron chi connectivity index (χ3n) is 5.27. The van der Waals surface area contributed by atoms with Crippen LogP contribution in [0.2, 0.25) is 0 Å². The Morgan fingerprint density at radius 3 is 2.58 bits per heavy atom. The number of fused-ring (bicyclic) bond motifs is 2. The van der Waals surface area contributed by atoms with E-state index in [1.807, 2.05) is 17.0 Å². The Morgan fingerprint density at radius 1 is 1.00 bits per heavy atom. The molecule has 26 heavy (non-hydrogen) atoms. The van der Waals surface area contributed by atoms with Crippen molar-refractivity contribution in [3.8, 4) is 11.5 Å². The molecule has 0 spiro atoms. The molecule has 0 atom stereocenters. The number of rotatable bonds is 2. The van der Waals surface area contributed by atoms with Crippen LogP contribution in [0.4, 0.5) is 5.95 Å². The minimum Gasteiger partial charge on any atom is -0.493 e. The zero-order chi connectivity index (χ0) is 17.5. The summed E-state index contributed by atoms with van der Waals surface area (Å²) in [4.78, 5) is 25.9. The normalized spacial score (nSPS) is 18.2. The zero-order valence-corrected chi connectivity index (χ0v) is 14.5. The summed E-state index contributed by atoms with van der Waals surface area (Å²) in [5, 5.41) is 0. The van der Waals surface area contributed by atoms with E-state index in [2.05, 4.69) is 14.9 Å². The summed E-state index contributed by atoms with van der Waals surface area (Å²) >= 11 is 0. The van der Waals surface area contributed by atoms with E-state index in [4.69, 9.17) is 9.47 Å². The number of carbonyl (C=O) groups is 1. The predicted molar refractivity (Wildman–Crippen MR) is 95.0 cm³/mol. The van der Waals surface area contributed by atoms with Gasteiger partial charge in [-0.2, -0.15) is 0 Å². The molecule has 1 amide bonds. The molecule has 7 nitrogen and oxygen atoms in total. The summed E-state index contributed by atoms with van der Waals surface area (Å²) < 4.78 is 11.5. The molecule has 3 aliphatic rings. The van der Waals surface area contributed by atoms with Crippen molar-refractivity contribution >= 4 is 11.9 Å². The van der Waals surface area contributed by atoms with Gasteiger partial charge in [0.2, 0.25) is 5.95 Å². The molecule has 0 bridgehead atoms. The van der Waals surface area contributed by atoms with Gasteiger partial charge in [-0.3, -0.25) is 4.79 Å². The standard InChI is InChI=1S/C19H20N4O3/c24-18(22-6-8-23(9-7-22)19-20-4-1-5-21-19)16-14-3-11-25-15(14)12-13-2-10-26-17(13)16/h1,4-5,12H,2-3,6-11H2. The maximum absolute atomic E-state index is 13.3. The van der Waals surface area contributed by atoms with E-state index < -0.39 is 0 Å². The van der Waals surface area contributed by atoms with Gasteiger partial charge >= 0.3 is 0 Å². The first kappa shape index (κ1) is 15.4. The summed E-state index contributed by atoms with van der Waals surface area (Å²) in [7, 11) is 0. The van der Waals surface area contributed by atoms with E-state index in [-0.39, 0.29) is 5.91 Å². The Labute approximate surface area is 151 Å². The number of amides is 1. The molecule has 0 saturated carbocycles. The van der Waals surface area contributed by atoms with Crippen molar-refractivity contribution < 1.29 is 14.3 Å². The summed E-state index contributed by atoms with van der Waals surface area (Å²) in [5.41, 5.74) is 2.81. The van der Waals surface area contributed by atoms with Crippen LogP contribution in [0.15, 0.2) is 24.5 Å². The highest BCUT2D eigenvalue weighted by molar-refractivity contribution is 6.00. The Balaban J connectivity index is 1.39. The topological polar surface area (TPSA) is 67.8 Å². The molecular weight excluding hydrogens is 332 g/mol. The van der Waals surface area contributed by atoms with Crippen LogP contribution in [-0.2, 0) is 12.8 Å². The fourth-order valence-corrected chi connectivity index (χ4v) is 3.93. The molecule has 5 rings (SSSR count). The van der Waals surface area contributed by atoms with E-state index >= 15 is 0 Å². The lowest BCUT2D eigenvalue weighted by Crippen LogP contribution is -2.49. The minimum absolute atomic E-state index is 0.0548. The second-order valence-corrected chi connectivity index (χ2v) is 6.74. The molecule has 0 N–H and O–H groups in total. The van der Waals surface area contributed by atoms with E-state index in [1.54, 1.807) is 12.4 Å². The lowest BCUT2D eigenvalue weighted by atomic mass is 9.98. The van der Waals surface area contributed by atoms with E-state index in [9.17, 15) is 4.79 Å². The molecule has 3 aliphatic heterocycles. The van der Waals surface area contributed by atoms with Crippen LogP contribution >= 0.6 is 0 Å². The van der Waals surface area contributed by atoms with Crippen LogP contribution in [0, 0.1) is 0 Å². The van der Waals surface area contributed by atoms with Crippen LogP contribution in [0.3, 0.4) is 0 Å². The number of hydrogen-bond acceptors (Lipinski definition) is 6. The number of benzene rings is 1. The minimum atomic E-state index is 0.0548. The average Bonchev–Trinajstić information content (AvgIpc) is 3.35. The van der Waals surface area contributed by atoms with Gasteiger partial charge in [-0.05, 0) is 12.1 Å². The van der Waals surface area contributed by atoms with Crippen LogP contribution in [-0.4, -0.2) is 60.2 Å². The number of hydrogen-bond donors (Lipinski definition) is 0. The molecule has 0 unspecified atom stereocenters. The SMILES string of the molecule is O=C(c1c2c(cc3c1OCC3)OCC2)N1CCN(c2ncccn2)CC1. The fraction of sp³-hybridized carbons (Fsp3) is 0.421. The van der Waals surface area contributed by atoms with Gasteiger partial charge in [0.05, 0.1) is 18.8 Å². The molecule has 1 aromatic carbocycles. The molecular formula is C19H20N4O3. The molecule has 0 radical (unpaired) electrons. The molecule has 0 aliphatic carbocycles. The van der Waals surface area contributed by atoms with Gasteiger partial charge in [-0.25, -0.2) is 9.97 Å². The molecule has 1 saturated heterocycles. The van der Waals surface area contributed by atoms with Gasteiger partial charge in [0.1, 0.15) is 11.5 Å². The summed E-state index contributed by atoms with van der Waals surface area (Å²) in [5.74, 6) is 2.40. The molecule has 134 valence electrons. The number of carbonyl (C=O) groups excluding carboxylic acids is 1. The Kier molecular flexibility index (Phi) is 3.65. The van der Waals surface area contributed by atoms with Crippen LogP contribution in [0.1, 0.15) is 21.5 Å². The van der Waals surface area contributed by atoms with Crippen molar-refractivity contribution in [3.63, 3.8) is 0 Å². The zero-order valence-electron chi connectivity index (χ0n) is 14.5. The third kappa shape index (κ3) is 2.46. The monoisotopic (exact) mass is 352 g/mol. The molecule has 1 fully saturated rings. The fourth-order valence-electron chi connectivity index (χ4n) is 3.93. The van der Waals surface area contributed by atoms with Gasteiger partial charge in [-0.15, -0.1) is 0 Å². The Hall–Kier alpha value is -2.83. The number of ether oxygens (including phenoxy) is 2. The Morgan fingerprint density at radius 2 is 1.77 bits per heavy atom. The third-order valence-corrected chi connectivity index (χ3v) is 5.27. The first-order valence-electron chi connectivity index (χ1n) is 9.07. The van der Waals surface area contributed by atoms with Crippen LogP contribution in [0.25, 0.3) is 0 Å². The first-order valence-corrected chi connectivity index (χ1v) is 9.07. The summed E-state index contributed by atoms with van der Waals surface area (Å²) in [6, 6.07) is 3.86. The van der Waals surface area contributed by atoms with Crippen molar-refractivity contribution in [2.75, 3.05) is 44.3 Å². The molecule has 4 heterocycles. The van der Waals surface area contributed by atoms with Crippen LogP contribution in [0.5, 0.6) is 11.5 Å². The lowest BCUT2D eigenvalue weighted by molar-refractivity contribution is 0.0741. The van der Waals surface area contributed by atoms with E-state index in [0.29, 0.717) is 26.3 Å². The van der Waals surface area contributed by atoms with Gasteiger partial charge in [0.25, 0.3) is 5.91 Å². The number of anilines is 1. The maximum atomic E-state index is 13.3. The van der Waals surface area contributed by atoms with Gasteiger partial charge in [0, 0.05) is 62.5 Å². The number of piperazine rings is 1. The molecule has 1 aromatic heterocycles. The van der Waals surface area contributed by atoms with Crippen molar-refractivity contribution in [1.82, 2.24) is 14.9 Å². The van der Waals surface area contributed by atoms with Crippen molar-refractivity contribution in [3.05, 3.63) is 41.2 Å². The average molecular weight is 352 g/mol. The predicted octanol–water partition coefficient (Wildman–Crippen LogP) is 1.31. The smallest absolute Gasteiger partial charge is 0.258 e. The van der Waals surface area contributed by atoms with Crippen molar-refractivity contribution in [2.45, 2.75) is 12.8 Å². The largest absolute Gasteiger partial charge is 0.493 e. The van der Waals surface area contributed by atoms with E-state index in [1.165, 1.54) is 0 Å². The second kappa shape index (κ2) is 6.16. The highest BCUT2D eigenvalue weighted by Crippen LogP contribution is 2.41. The number of aromatic nitrogens is 2. The van der Waals surface area contributed by atoms with Crippen LogP contribution < -0.4 is 14.4 Å². The molecule has 7 heteroatoms. The molecule has 2 aromatic rings. The second-order valence-electron chi connectivity index (χ2n) is 6.74. The maximum Gasteiger partial charge on any atom is 0.258 e. The quantitative estimate of drug-likeness (QED) is 0.812. The van der Waals surface area contributed by atoms with Gasteiger partial charge in [-0.1, -0.05) is 0 Å². The van der Waals surface area contributed by atoms with Gasteiger partial charge < -0.3 is 19.3 Å².